The molecule has 0 aliphatic rings. The molecule has 1 amide bonds. The smallest absolute Gasteiger partial charge is 0.269 e. The van der Waals surface area contributed by atoms with Gasteiger partial charge in [0.25, 0.3) is 11.5 Å². The Balaban J connectivity index is 2.22. The number of nitriles is 1. The van der Waals surface area contributed by atoms with Crippen molar-refractivity contribution in [3.63, 3.8) is 0 Å². The van der Waals surface area contributed by atoms with Crippen molar-refractivity contribution in [3.05, 3.63) is 75.2 Å². The molecule has 29 heavy (non-hydrogen) atoms. The third kappa shape index (κ3) is 4.17. The third-order valence-corrected chi connectivity index (χ3v) is 4.26. The maximum absolute atomic E-state index is 13.1. The fraction of sp³-hybridized carbons (Fsp3) is 0.182. The molecule has 0 saturated carbocycles. The quantitative estimate of drug-likeness (QED) is 0.535. The first-order valence-electron chi connectivity index (χ1n) is 9.11. The highest BCUT2D eigenvalue weighted by Gasteiger charge is 2.17. The number of carbonyl (C=O) groups excluding carboxylic acids is 1. The van der Waals surface area contributed by atoms with Crippen LogP contribution in [-0.4, -0.2) is 21.8 Å². The van der Waals surface area contributed by atoms with E-state index >= 15 is 0 Å². The van der Waals surface area contributed by atoms with Gasteiger partial charge in [0, 0.05) is 12.7 Å². The van der Waals surface area contributed by atoms with E-state index in [4.69, 9.17) is 4.74 Å². The van der Waals surface area contributed by atoms with Crippen LogP contribution in [0.2, 0.25) is 0 Å². The molecule has 0 saturated heterocycles. The Kier molecular flexibility index (Phi) is 5.74. The third-order valence-electron chi connectivity index (χ3n) is 4.26. The molecule has 0 bridgehead atoms. The van der Waals surface area contributed by atoms with Gasteiger partial charge in [0.1, 0.15) is 28.6 Å². The van der Waals surface area contributed by atoms with Crippen LogP contribution in [0.15, 0.2) is 53.0 Å². The van der Waals surface area contributed by atoms with E-state index in [0.717, 1.165) is 11.1 Å². The molecule has 0 fully saturated rings. The number of pyridine rings is 1. The fourth-order valence-electron chi connectivity index (χ4n) is 2.85. The summed E-state index contributed by atoms with van der Waals surface area (Å²) in [5.74, 6) is 0.00387. The molecular formula is C22H20N4O3. The summed E-state index contributed by atoms with van der Waals surface area (Å²) in [7, 11) is 0. The van der Waals surface area contributed by atoms with Gasteiger partial charge in [-0.25, -0.2) is 0 Å². The number of benzene rings is 1. The lowest BCUT2D eigenvalue weighted by atomic mass is 10.1. The number of ether oxygens (including phenoxy) is 1. The van der Waals surface area contributed by atoms with E-state index in [1.807, 2.05) is 32.0 Å². The van der Waals surface area contributed by atoms with Gasteiger partial charge in [-0.05, 0) is 50.6 Å². The van der Waals surface area contributed by atoms with Crippen LogP contribution in [0, 0.1) is 25.2 Å². The summed E-state index contributed by atoms with van der Waals surface area (Å²) in [6.07, 6.45) is 2.79. The van der Waals surface area contributed by atoms with Crippen molar-refractivity contribution < 1.29 is 9.53 Å². The molecule has 1 N–H and O–H groups in total. The second kappa shape index (κ2) is 8.40. The van der Waals surface area contributed by atoms with Gasteiger partial charge in [-0.2, -0.15) is 10.2 Å². The Hall–Kier alpha value is -3.92. The second-order valence-corrected chi connectivity index (χ2v) is 6.46. The Labute approximate surface area is 167 Å². The summed E-state index contributed by atoms with van der Waals surface area (Å²) in [5.41, 5.74) is 1.73. The van der Waals surface area contributed by atoms with Crippen molar-refractivity contribution in [2.24, 2.45) is 0 Å². The predicted octanol–water partition coefficient (Wildman–Crippen LogP) is 3.15. The summed E-state index contributed by atoms with van der Waals surface area (Å²) in [5, 5.41) is 12.0. The van der Waals surface area contributed by atoms with E-state index in [2.05, 4.69) is 10.3 Å². The monoisotopic (exact) mass is 388 g/mol. The number of fused-ring (bicyclic) bond motifs is 1. The average Bonchev–Trinajstić information content (AvgIpc) is 2.70. The zero-order valence-electron chi connectivity index (χ0n) is 16.4. The van der Waals surface area contributed by atoms with Crippen LogP contribution in [0.1, 0.15) is 23.6 Å². The number of hydrogen-bond donors (Lipinski definition) is 1. The zero-order chi connectivity index (χ0) is 21.0. The van der Waals surface area contributed by atoms with Gasteiger partial charge in [0.2, 0.25) is 5.88 Å². The van der Waals surface area contributed by atoms with Crippen LogP contribution < -0.4 is 15.6 Å². The minimum atomic E-state index is -0.565. The lowest BCUT2D eigenvalue weighted by Gasteiger charge is -2.12. The highest BCUT2D eigenvalue weighted by atomic mass is 16.5. The summed E-state index contributed by atoms with van der Waals surface area (Å²) >= 11 is 0. The molecule has 0 unspecified atom stereocenters. The molecule has 3 rings (SSSR count). The standard InChI is InChI=1S/C22H20N4O3/c1-4-24-20(27)16(13-23)12-17-21(29-18-9-8-14(2)11-15(18)3)25-19-7-5-6-10-26(19)22(17)28/h5-12H,4H2,1-3H3,(H,24,27). The number of likely N-dealkylation sites (N-methyl/N-ethyl adjacent to an activating group) is 1. The number of aryl methyl sites for hydroxylation is 2. The van der Waals surface area contributed by atoms with E-state index in [1.165, 1.54) is 10.5 Å². The van der Waals surface area contributed by atoms with Gasteiger partial charge < -0.3 is 10.1 Å². The van der Waals surface area contributed by atoms with Crippen LogP contribution in [0.4, 0.5) is 0 Å². The fourth-order valence-corrected chi connectivity index (χ4v) is 2.85. The summed E-state index contributed by atoms with van der Waals surface area (Å²) in [4.78, 5) is 29.7. The minimum Gasteiger partial charge on any atom is -0.438 e. The van der Waals surface area contributed by atoms with Crippen molar-refractivity contribution in [2.75, 3.05) is 6.54 Å². The van der Waals surface area contributed by atoms with E-state index in [0.29, 0.717) is 17.9 Å². The molecule has 0 atom stereocenters. The van der Waals surface area contributed by atoms with Crippen molar-refractivity contribution in [3.8, 4) is 17.7 Å². The normalized spacial score (nSPS) is 11.2. The molecule has 3 aromatic rings. The minimum absolute atomic E-state index is 0.0245. The number of carbonyl (C=O) groups is 1. The van der Waals surface area contributed by atoms with E-state index in [9.17, 15) is 14.9 Å². The first-order valence-corrected chi connectivity index (χ1v) is 9.11. The Morgan fingerprint density at radius 3 is 2.79 bits per heavy atom. The van der Waals surface area contributed by atoms with Gasteiger partial charge in [0.15, 0.2) is 0 Å². The van der Waals surface area contributed by atoms with E-state index in [1.54, 1.807) is 37.4 Å². The first-order chi connectivity index (χ1) is 13.9. The van der Waals surface area contributed by atoms with Crippen LogP contribution in [0.5, 0.6) is 11.6 Å². The molecule has 1 aromatic carbocycles. The first kappa shape index (κ1) is 19.8. The number of nitrogens with one attached hydrogen (secondary N) is 1. The predicted molar refractivity (Wildman–Crippen MR) is 110 cm³/mol. The molecule has 7 heteroatoms. The lowest BCUT2D eigenvalue weighted by Crippen LogP contribution is -2.25. The van der Waals surface area contributed by atoms with Crippen molar-refractivity contribution in [2.45, 2.75) is 20.8 Å². The van der Waals surface area contributed by atoms with Gasteiger partial charge in [-0.15, -0.1) is 0 Å². The molecule has 2 aromatic heterocycles. The maximum Gasteiger partial charge on any atom is 0.269 e. The largest absolute Gasteiger partial charge is 0.438 e. The summed E-state index contributed by atoms with van der Waals surface area (Å²) in [6, 6.07) is 12.6. The molecular weight excluding hydrogens is 368 g/mol. The van der Waals surface area contributed by atoms with Crippen LogP contribution >= 0.6 is 0 Å². The number of hydrogen-bond acceptors (Lipinski definition) is 5. The summed E-state index contributed by atoms with van der Waals surface area (Å²) < 4.78 is 7.30. The molecule has 7 nitrogen and oxygen atoms in total. The Morgan fingerprint density at radius 2 is 2.10 bits per heavy atom. The molecule has 0 spiro atoms. The SMILES string of the molecule is CCNC(=O)C(C#N)=Cc1c(Oc2ccc(C)cc2C)nc2ccccn2c1=O. The highest BCUT2D eigenvalue weighted by Crippen LogP contribution is 2.27. The average molecular weight is 388 g/mol. The Bertz CT molecular complexity index is 1220. The number of amides is 1. The van der Waals surface area contributed by atoms with E-state index in [-0.39, 0.29) is 17.0 Å². The van der Waals surface area contributed by atoms with Gasteiger partial charge in [-0.3, -0.25) is 14.0 Å². The Morgan fingerprint density at radius 1 is 1.31 bits per heavy atom. The molecule has 2 heterocycles. The highest BCUT2D eigenvalue weighted by molar-refractivity contribution is 6.01. The number of aromatic nitrogens is 2. The molecule has 0 aliphatic heterocycles. The number of rotatable bonds is 5. The number of nitrogens with zero attached hydrogens (tertiary/aromatic N) is 3. The van der Waals surface area contributed by atoms with Crippen LogP contribution in [0.3, 0.4) is 0 Å². The van der Waals surface area contributed by atoms with Gasteiger partial charge in [0.05, 0.1) is 0 Å². The van der Waals surface area contributed by atoms with Crippen molar-refractivity contribution >= 4 is 17.6 Å². The molecule has 0 radical (unpaired) electrons. The van der Waals surface area contributed by atoms with Crippen LogP contribution in [0.25, 0.3) is 11.7 Å². The van der Waals surface area contributed by atoms with Crippen LogP contribution in [-0.2, 0) is 4.79 Å². The summed E-state index contributed by atoms with van der Waals surface area (Å²) in [6.45, 7) is 5.96. The van der Waals surface area contributed by atoms with Crippen molar-refractivity contribution in [1.82, 2.24) is 14.7 Å². The maximum atomic E-state index is 13.1. The zero-order valence-corrected chi connectivity index (χ0v) is 16.4. The topological polar surface area (TPSA) is 96.5 Å². The molecule has 146 valence electrons. The molecule has 0 aliphatic carbocycles. The van der Waals surface area contributed by atoms with Gasteiger partial charge in [-0.1, -0.05) is 23.8 Å². The van der Waals surface area contributed by atoms with E-state index < -0.39 is 11.5 Å². The van der Waals surface area contributed by atoms with Crippen molar-refractivity contribution in [1.29, 1.82) is 5.26 Å². The second-order valence-electron chi connectivity index (χ2n) is 6.46. The van der Waals surface area contributed by atoms with Gasteiger partial charge >= 0.3 is 0 Å². The lowest BCUT2D eigenvalue weighted by molar-refractivity contribution is -0.116.